The molecule has 2 aromatic carbocycles. The second-order valence-electron chi connectivity index (χ2n) is 5.28. The van der Waals surface area contributed by atoms with Gasteiger partial charge in [-0.15, -0.1) is 0 Å². The molecule has 1 unspecified atom stereocenters. The summed E-state index contributed by atoms with van der Waals surface area (Å²) >= 11 is 0. The summed E-state index contributed by atoms with van der Waals surface area (Å²) in [5.74, 6) is 0. The summed E-state index contributed by atoms with van der Waals surface area (Å²) < 4.78 is 0. The number of nitro groups is 1. The van der Waals surface area contributed by atoms with E-state index in [0.717, 1.165) is 16.7 Å². The van der Waals surface area contributed by atoms with Crippen LogP contribution in [0.25, 0.3) is 0 Å². The van der Waals surface area contributed by atoms with Crippen LogP contribution in [0.2, 0.25) is 0 Å². The third-order valence-corrected chi connectivity index (χ3v) is 3.90. The summed E-state index contributed by atoms with van der Waals surface area (Å²) in [6, 6.07) is 12.8. The average molecular weight is 300 g/mol. The van der Waals surface area contributed by atoms with Crippen molar-refractivity contribution in [3.8, 4) is 0 Å². The number of nitrogens with zero attached hydrogens (tertiary/aromatic N) is 1. The summed E-state index contributed by atoms with van der Waals surface area (Å²) in [5, 5.41) is 23.7. The van der Waals surface area contributed by atoms with Crippen LogP contribution in [0.5, 0.6) is 0 Å². The van der Waals surface area contributed by atoms with Crippen molar-refractivity contribution >= 4 is 5.69 Å². The molecular weight excluding hydrogens is 280 g/mol. The van der Waals surface area contributed by atoms with E-state index in [-0.39, 0.29) is 23.3 Å². The van der Waals surface area contributed by atoms with Crippen molar-refractivity contribution in [1.29, 1.82) is 0 Å². The van der Waals surface area contributed by atoms with Crippen molar-refractivity contribution in [1.82, 2.24) is 5.32 Å². The number of nitro benzene ring substituents is 1. The van der Waals surface area contributed by atoms with Crippen LogP contribution in [0.3, 0.4) is 0 Å². The van der Waals surface area contributed by atoms with Gasteiger partial charge in [-0.1, -0.05) is 36.4 Å². The van der Waals surface area contributed by atoms with Crippen molar-refractivity contribution < 1.29 is 10.0 Å². The van der Waals surface area contributed by atoms with Gasteiger partial charge in [-0.25, -0.2) is 0 Å². The number of aliphatic hydroxyl groups excluding tert-OH is 1. The number of rotatable bonds is 6. The van der Waals surface area contributed by atoms with Gasteiger partial charge in [0.05, 0.1) is 11.5 Å². The van der Waals surface area contributed by atoms with Crippen LogP contribution in [-0.2, 0) is 13.2 Å². The van der Waals surface area contributed by atoms with Crippen LogP contribution in [-0.4, -0.2) is 10.0 Å². The Morgan fingerprint density at radius 2 is 1.86 bits per heavy atom. The fraction of sp³-hybridized carbons (Fsp3) is 0.294. The molecule has 0 saturated heterocycles. The molecule has 22 heavy (non-hydrogen) atoms. The number of nitrogens with one attached hydrogen (secondary N) is 1. The summed E-state index contributed by atoms with van der Waals surface area (Å²) in [5.41, 5.74) is 3.65. The van der Waals surface area contributed by atoms with Gasteiger partial charge in [-0.2, -0.15) is 0 Å². The van der Waals surface area contributed by atoms with Gasteiger partial charge < -0.3 is 10.4 Å². The van der Waals surface area contributed by atoms with E-state index in [0.29, 0.717) is 12.1 Å². The molecule has 0 aliphatic rings. The molecule has 0 aliphatic carbocycles. The maximum atomic E-state index is 11.0. The van der Waals surface area contributed by atoms with Crippen molar-refractivity contribution in [2.75, 3.05) is 0 Å². The van der Waals surface area contributed by atoms with Crippen LogP contribution >= 0.6 is 0 Å². The van der Waals surface area contributed by atoms with E-state index in [2.05, 4.69) is 5.32 Å². The maximum Gasteiger partial charge on any atom is 0.272 e. The monoisotopic (exact) mass is 300 g/mol. The molecule has 0 spiro atoms. The van der Waals surface area contributed by atoms with Crippen molar-refractivity contribution in [2.45, 2.75) is 33.0 Å². The summed E-state index contributed by atoms with van der Waals surface area (Å²) in [6.45, 7) is 4.35. The van der Waals surface area contributed by atoms with Gasteiger partial charge in [0.1, 0.15) is 0 Å². The zero-order chi connectivity index (χ0) is 16.1. The lowest BCUT2D eigenvalue weighted by molar-refractivity contribution is -0.385. The van der Waals surface area contributed by atoms with Crippen LogP contribution < -0.4 is 5.32 Å². The van der Waals surface area contributed by atoms with E-state index < -0.39 is 0 Å². The maximum absolute atomic E-state index is 11.0. The highest BCUT2D eigenvalue weighted by Crippen LogP contribution is 2.26. The lowest BCUT2D eigenvalue weighted by Crippen LogP contribution is -2.20. The standard InChI is InChI=1S/C17H20N2O3/c1-12-16(8-5-9-17(12)19(21)22)13(2)18-10-14-6-3-4-7-15(14)11-20/h3-9,13,18,20H,10-11H2,1-2H3. The quantitative estimate of drug-likeness (QED) is 0.634. The van der Waals surface area contributed by atoms with Crippen molar-refractivity contribution in [3.63, 3.8) is 0 Å². The number of hydrogen-bond acceptors (Lipinski definition) is 4. The Morgan fingerprint density at radius 3 is 2.50 bits per heavy atom. The van der Waals surface area contributed by atoms with Crippen molar-refractivity contribution in [3.05, 3.63) is 74.8 Å². The van der Waals surface area contributed by atoms with Crippen LogP contribution in [0.15, 0.2) is 42.5 Å². The van der Waals surface area contributed by atoms with E-state index in [9.17, 15) is 15.2 Å². The molecular formula is C17H20N2O3. The second kappa shape index (κ2) is 7.15. The van der Waals surface area contributed by atoms with Crippen molar-refractivity contribution in [2.24, 2.45) is 0 Å². The second-order valence-corrected chi connectivity index (χ2v) is 5.28. The molecule has 0 bridgehead atoms. The van der Waals surface area contributed by atoms with E-state index in [4.69, 9.17) is 0 Å². The van der Waals surface area contributed by atoms with Gasteiger partial charge in [0.2, 0.25) is 0 Å². The Kier molecular flexibility index (Phi) is 5.25. The Hall–Kier alpha value is -2.24. The molecule has 0 fully saturated rings. The van der Waals surface area contributed by atoms with E-state index in [1.165, 1.54) is 6.07 Å². The van der Waals surface area contributed by atoms with Gasteiger partial charge in [0, 0.05) is 24.2 Å². The predicted molar refractivity (Wildman–Crippen MR) is 85.5 cm³/mol. The van der Waals surface area contributed by atoms with Gasteiger partial charge in [0.15, 0.2) is 0 Å². The average Bonchev–Trinajstić information content (AvgIpc) is 2.52. The molecule has 0 aromatic heterocycles. The Morgan fingerprint density at radius 1 is 1.18 bits per heavy atom. The molecule has 0 amide bonds. The van der Waals surface area contributed by atoms with E-state index in [1.807, 2.05) is 37.3 Å². The topological polar surface area (TPSA) is 75.4 Å². The van der Waals surface area contributed by atoms with Gasteiger partial charge >= 0.3 is 0 Å². The minimum Gasteiger partial charge on any atom is -0.392 e. The third kappa shape index (κ3) is 3.50. The highest BCUT2D eigenvalue weighted by molar-refractivity contribution is 5.45. The van der Waals surface area contributed by atoms with Gasteiger partial charge in [-0.3, -0.25) is 10.1 Å². The molecule has 5 nitrogen and oxygen atoms in total. The Balaban J connectivity index is 2.14. The highest BCUT2D eigenvalue weighted by Gasteiger charge is 2.17. The first-order valence-electron chi connectivity index (χ1n) is 7.19. The fourth-order valence-corrected chi connectivity index (χ4v) is 2.56. The molecule has 0 heterocycles. The lowest BCUT2D eigenvalue weighted by Gasteiger charge is -2.17. The molecule has 0 radical (unpaired) electrons. The SMILES string of the molecule is Cc1c(C(C)NCc2ccccc2CO)cccc1[N+](=O)[O-]. The zero-order valence-corrected chi connectivity index (χ0v) is 12.7. The molecule has 0 aliphatic heterocycles. The minimum absolute atomic E-state index is 0.00205. The highest BCUT2D eigenvalue weighted by atomic mass is 16.6. The first kappa shape index (κ1) is 16.1. The van der Waals surface area contributed by atoms with Gasteiger partial charge in [-0.05, 0) is 30.5 Å². The Bertz CT molecular complexity index is 671. The molecule has 116 valence electrons. The zero-order valence-electron chi connectivity index (χ0n) is 12.7. The van der Waals surface area contributed by atoms with Crippen LogP contribution in [0.1, 0.15) is 35.2 Å². The first-order valence-corrected chi connectivity index (χ1v) is 7.19. The van der Waals surface area contributed by atoms with Gasteiger partial charge in [0.25, 0.3) is 5.69 Å². The normalized spacial score (nSPS) is 12.1. The minimum atomic E-state index is -0.355. The number of hydrogen-bond donors (Lipinski definition) is 2. The van der Waals surface area contributed by atoms with Crippen LogP contribution in [0, 0.1) is 17.0 Å². The summed E-state index contributed by atoms with van der Waals surface area (Å²) in [4.78, 5) is 10.7. The lowest BCUT2D eigenvalue weighted by atomic mass is 10.0. The fourth-order valence-electron chi connectivity index (χ4n) is 2.56. The number of benzene rings is 2. The molecule has 5 heteroatoms. The molecule has 0 saturated carbocycles. The third-order valence-electron chi connectivity index (χ3n) is 3.90. The molecule has 2 aromatic rings. The molecule has 2 rings (SSSR count). The number of aliphatic hydroxyl groups is 1. The summed E-state index contributed by atoms with van der Waals surface area (Å²) in [6.07, 6.45) is 0. The largest absolute Gasteiger partial charge is 0.392 e. The van der Waals surface area contributed by atoms with Crippen LogP contribution in [0.4, 0.5) is 5.69 Å². The molecule has 1 atom stereocenters. The first-order chi connectivity index (χ1) is 10.5. The molecule has 2 N–H and O–H groups in total. The van der Waals surface area contributed by atoms with E-state index in [1.54, 1.807) is 13.0 Å². The Labute approximate surface area is 129 Å². The summed E-state index contributed by atoms with van der Waals surface area (Å²) in [7, 11) is 0. The van der Waals surface area contributed by atoms with E-state index >= 15 is 0 Å². The smallest absolute Gasteiger partial charge is 0.272 e. The predicted octanol–water partition coefficient (Wildman–Crippen LogP) is 3.25.